The van der Waals surface area contributed by atoms with E-state index >= 15 is 0 Å². The number of aryl methyl sites for hydroxylation is 1. The van der Waals surface area contributed by atoms with Gasteiger partial charge >= 0.3 is 12.1 Å². The number of halogens is 3. The number of carboxylic acid groups (broad SMARTS) is 1. The summed E-state index contributed by atoms with van der Waals surface area (Å²) in [7, 11) is 1.79. The quantitative estimate of drug-likeness (QED) is 0.732. The second-order valence-electron chi connectivity index (χ2n) is 7.89. The molecule has 2 fully saturated rings. The number of nitrogens with zero attached hydrogens (tertiary/aromatic N) is 4. The molecule has 1 amide bonds. The second kappa shape index (κ2) is 10.3. The Balaban J connectivity index is 0.000000383. The number of pyridine rings is 1. The van der Waals surface area contributed by atoms with Gasteiger partial charge in [-0.05, 0) is 31.0 Å². The highest BCUT2D eigenvalue weighted by Gasteiger charge is 2.44. The molecule has 0 bridgehead atoms. The molecule has 0 saturated carbocycles. The zero-order valence-corrected chi connectivity index (χ0v) is 18.0. The topological polar surface area (TPSA) is 107 Å². The molecule has 2 aromatic heterocycles. The fourth-order valence-corrected chi connectivity index (χ4v) is 3.81. The van der Waals surface area contributed by atoms with Crippen molar-refractivity contribution in [1.29, 1.82) is 0 Å². The van der Waals surface area contributed by atoms with Crippen molar-refractivity contribution < 1.29 is 37.3 Å². The molecule has 2 aliphatic heterocycles. The first-order valence-corrected chi connectivity index (χ1v) is 10.3. The van der Waals surface area contributed by atoms with Crippen molar-refractivity contribution in [1.82, 2.24) is 19.7 Å². The molecule has 4 heterocycles. The minimum Gasteiger partial charge on any atom is -0.475 e. The molecule has 4 rings (SSSR count). The minimum absolute atomic E-state index is 0.0424. The highest BCUT2D eigenvalue weighted by atomic mass is 19.4. The summed E-state index contributed by atoms with van der Waals surface area (Å²) >= 11 is 0. The van der Waals surface area contributed by atoms with Crippen LogP contribution in [0, 0.1) is 0 Å². The first-order chi connectivity index (χ1) is 15.6. The Morgan fingerprint density at radius 3 is 2.48 bits per heavy atom. The van der Waals surface area contributed by atoms with Gasteiger partial charge in [0.1, 0.15) is 5.69 Å². The molecule has 1 N–H and O–H groups in total. The number of carbonyl (C=O) groups excluding carboxylic acids is 1. The molecule has 2 aliphatic rings. The number of rotatable bonds is 4. The van der Waals surface area contributed by atoms with E-state index in [-0.39, 0.29) is 17.6 Å². The molecule has 9 nitrogen and oxygen atoms in total. The number of ether oxygens (including phenoxy) is 2. The zero-order chi connectivity index (χ0) is 24.1. The molecule has 0 aromatic carbocycles. The second-order valence-corrected chi connectivity index (χ2v) is 7.89. The molecule has 2 aromatic rings. The van der Waals surface area contributed by atoms with Crippen LogP contribution >= 0.6 is 0 Å². The smallest absolute Gasteiger partial charge is 0.475 e. The van der Waals surface area contributed by atoms with Crippen LogP contribution in [0.2, 0.25) is 0 Å². The molecule has 33 heavy (non-hydrogen) atoms. The number of amides is 1. The Hall–Kier alpha value is -2.99. The largest absolute Gasteiger partial charge is 0.490 e. The van der Waals surface area contributed by atoms with Gasteiger partial charge < -0.3 is 19.5 Å². The summed E-state index contributed by atoms with van der Waals surface area (Å²) in [6.45, 7) is 2.53. The Labute approximate surface area is 188 Å². The third kappa shape index (κ3) is 6.51. The van der Waals surface area contributed by atoms with Gasteiger partial charge in [0.25, 0.3) is 5.91 Å². The molecule has 12 heteroatoms. The van der Waals surface area contributed by atoms with Gasteiger partial charge in [-0.3, -0.25) is 14.5 Å². The molecular weight excluding hydrogens is 445 g/mol. The summed E-state index contributed by atoms with van der Waals surface area (Å²) in [6.07, 6.45) is 1.02. The van der Waals surface area contributed by atoms with Crippen molar-refractivity contribution in [2.75, 3.05) is 19.7 Å². The normalized spacial score (nSPS) is 19.8. The van der Waals surface area contributed by atoms with E-state index in [9.17, 15) is 18.0 Å². The fourth-order valence-electron chi connectivity index (χ4n) is 3.81. The summed E-state index contributed by atoms with van der Waals surface area (Å²) in [4.78, 5) is 27.7. The number of likely N-dealkylation sites (tertiary alicyclic amines) is 1. The number of hydrogen-bond donors (Lipinski definition) is 1. The van der Waals surface area contributed by atoms with Crippen LogP contribution in [0.4, 0.5) is 13.2 Å². The van der Waals surface area contributed by atoms with Gasteiger partial charge in [0, 0.05) is 39.0 Å². The average molecular weight is 470 g/mol. The van der Waals surface area contributed by atoms with Gasteiger partial charge in [0.05, 0.1) is 30.6 Å². The molecule has 1 spiro atoms. The fraction of sp³-hybridized carbons (Fsp3) is 0.524. The maximum atomic E-state index is 12.6. The number of aliphatic carboxylic acids is 1. The monoisotopic (exact) mass is 470 g/mol. The van der Waals surface area contributed by atoms with E-state index in [1.807, 2.05) is 23.1 Å². The highest BCUT2D eigenvalue weighted by Crippen LogP contribution is 2.37. The highest BCUT2D eigenvalue weighted by molar-refractivity contribution is 5.92. The van der Waals surface area contributed by atoms with E-state index in [2.05, 4.69) is 10.1 Å². The maximum Gasteiger partial charge on any atom is 0.490 e. The summed E-state index contributed by atoms with van der Waals surface area (Å²) < 4.78 is 45.5. The van der Waals surface area contributed by atoms with E-state index in [1.54, 1.807) is 30.2 Å². The molecule has 180 valence electrons. The van der Waals surface area contributed by atoms with Gasteiger partial charge in [0.15, 0.2) is 0 Å². The van der Waals surface area contributed by atoms with E-state index in [0.29, 0.717) is 32.0 Å². The Morgan fingerprint density at radius 2 is 1.94 bits per heavy atom. The number of aromatic nitrogens is 3. The standard InChI is InChI=1S/C19H24N4O3.C2HF3O2/c1-22-17(5-9-21-22)18(24)23-10-6-19(7-11-23)12-16(14-26-19)25-13-15-4-2-3-8-20-15;3-2(4,5)1(6)7/h2-5,8-9,16H,6-7,10-14H2,1H3;(H,6,7). The number of carboxylic acids is 1. The summed E-state index contributed by atoms with van der Waals surface area (Å²) in [5.41, 5.74) is 1.41. The van der Waals surface area contributed by atoms with E-state index < -0.39 is 12.1 Å². The van der Waals surface area contributed by atoms with Crippen LogP contribution in [0.5, 0.6) is 0 Å². The van der Waals surface area contributed by atoms with Crippen LogP contribution in [-0.4, -0.2) is 74.2 Å². The van der Waals surface area contributed by atoms with Crippen LogP contribution < -0.4 is 0 Å². The molecule has 2 saturated heterocycles. The predicted octanol–water partition coefficient (Wildman–Crippen LogP) is 2.43. The molecule has 1 atom stereocenters. The minimum atomic E-state index is -5.08. The molecule has 0 radical (unpaired) electrons. The van der Waals surface area contributed by atoms with Crippen molar-refractivity contribution in [2.45, 2.75) is 43.8 Å². The third-order valence-corrected chi connectivity index (χ3v) is 5.61. The lowest BCUT2D eigenvalue weighted by Crippen LogP contribution is -2.47. The predicted molar refractivity (Wildman–Crippen MR) is 108 cm³/mol. The van der Waals surface area contributed by atoms with Gasteiger partial charge in [-0.25, -0.2) is 4.79 Å². The van der Waals surface area contributed by atoms with Crippen LogP contribution in [-0.2, 0) is 27.9 Å². The Morgan fingerprint density at radius 1 is 1.24 bits per heavy atom. The van der Waals surface area contributed by atoms with Crippen molar-refractivity contribution in [3.63, 3.8) is 0 Å². The van der Waals surface area contributed by atoms with Crippen molar-refractivity contribution in [3.8, 4) is 0 Å². The summed E-state index contributed by atoms with van der Waals surface area (Å²) in [5, 5.41) is 11.2. The van der Waals surface area contributed by atoms with Gasteiger partial charge in [-0.2, -0.15) is 18.3 Å². The van der Waals surface area contributed by atoms with Crippen molar-refractivity contribution in [2.24, 2.45) is 7.05 Å². The van der Waals surface area contributed by atoms with Crippen molar-refractivity contribution >= 4 is 11.9 Å². The number of hydrogen-bond acceptors (Lipinski definition) is 6. The first-order valence-electron chi connectivity index (χ1n) is 10.3. The van der Waals surface area contributed by atoms with Crippen LogP contribution in [0.1, 0.15) is 35.4 Å². The van der Waals surface area contributed by atoms with Crippen LogP contribution in [0.15, 0.2) is 36.7 Å². The third-order valence-electron chi connectivity index (χ3n) is 5.61. The lowest BCUT2D eigenvalue weighted by atomic mass is 9.88. The van der Waals surface area contributed by atoms with Crippen LogP contribution in [0.25, 0.3) is 0 Å². The van der Waals surface area contributed by atoms with E-state index in [4.69, 9.17) is 19.4 Å². The molecular formula is C21H25F3N4O5. The molecule has 1 unspecified atom stereocenters. The lowest BCUT2D eigenvalue weighted by molar-refractivity contribution is -0.192. The molecule has 0 aliphatic carbocycles. The number of carbonyl (C=O) groups is 2. The Bertz CT molecular complexity index is 943. The zero-order valence-electron chi connectivity index (χ0n) is 18.0. The SMILES string of the molecule is Cn1nccc1C(=O)N1CCC2(CC1)CC(OCc1ccccn1)CO2.O=C(O)C(F)(F)F. The lowest BCUT2D eigenvalue weighted by Gasteiger charge is -2.38. The first kappa shape index (κ1) is 24.6. The average Bonchev–Trinajstić information content (AvgIpc) is 3.39. The van der Waals surface area contributed by atoms with Gasteiger partial charge in [-0.15, -0.1) is 0 Å². The van der Waals surface area contributed by atoms with Gasteiger partial charge in [0.2, 0.25) is 0 Å². The summed E-state index contributed by atoms with van der Waals surface area (Å²) in [5.74, 6) is -2.71. The summed E-state index contributed by atoms with van der Waals surface area (Å²) in [6, 6.07) is 7.60. The van der Waals surface area contributed by atoms with E-state index in [1.165, 1.54) is 0 Å². The van der Waals surface area contributed by atoms with E-state index in [0.717, 1.165) is 25.0 Å². The Kier molecular flexibility index (Phi) is 7.69. The van der Waals surface area contributed by atoms with Gasteiger partial charge in [-0.1, -0.05) is 6.07 Å². The van der Waals surface area contributed by atoms with Crippen molar-refractivity contribution in [3.05, 3.63) is 48.0 Å². The number of alkyl halides is 3. The van der Waals surface area contributed by atoms with Crippen LogP contribution in [0.3, 0.4) is 0 Å². The maximum absolute atomic E-state index is 12.6. The number of piperidine rings is 1.